The molecule has 0 bridgehead atoms. The first-order valence-corrected chi connectivity index (χ1v) is 5.82. The Morgan fingerprint density at radius 2 is 2.33 bits per heavy atom. The number of halogens is 1. The standard InChI is InChI=1S/C13H16FN3O/c1-2-3-10(16)7-13(18)17-11-4-5-12(14)9(6-11)8-15/h4-6,10H,2-3,7,16H2,1H3,(H,17,18). The Morgan fingerprint density at radius 3 is 2.94 bits per heavy atom. The minimum absolute atomic E-state index is 0.0920. The van der Waals surface area contributed by atoms with E-state index in [1.165, 1.54) is 12.1 Å². The van der Waals surface area contributed by atoms with Gasteiger partial charge in [-0.1, -0.05) is 13.3 Å². The molecule has 1 unspecified atom stereocenters. The van der Waals surface area contributed by atoms with Crippen LogP contribution in [0, 0.1) is 17.1 Å². The third-order valence-electron chi connectivity index (χ3n) is 2.48. The van der Waals surface area contributed by atoms with Crippen molar-refractivity contribution in [3.05, 3.63) is 29.6 Å². The predicted octanol–water partition coefficient (Wildman–Crippen LogP) is 2.15. The van der Waals surface area contributed by atoms with Crippen LogP contribution in [0.15, 0.2) is 18.2 Å². The van der Waals surface area contributed by atoms with Gasteiger partial charge < -0.3 is 11.1 Å². The van der Waals surface area contributed by atoms with E-state index >= 15 is 0 Å². The summed E-state index contributed by atoms with van der Waals surface area (Å²) < 4.78 is 13.1. The molecule has 3 N–H and O–H groups in total. The van der Waals surface area contributed by atoms with Gasteiger partial charge in [0.15, 0.2) is 0 Å². The monoisotopic (exact) mass is 249 g/mol. The van der Waals surface area contributed by atoms with Crippen LogP contribution in [0.25, 0.3) is 0 Å². The molecule has 96 valence electrons. The second-order valence-electron chi connectivity index (χ2n) is 4.11. The lowest BCUT2D eigenvalue weighted by Gasteiger charge is -2.10. The molecule has 4 nitrogen and oxygen atoms in total. The first-order valence-electron chi connectivity index (χ1n) is 5.82. The van der Waals surface area contributed by atoms with Gasteiger partial charge in [0.2, 0.25) is 5.91 Å². The van der Waals surface area contributed by atoms with Crippen molar-refractivity contribution in [1.29, 1.82) is 5.26 Å². The van der Waals surface area contributed by atoms with E-state index in [1.807, 2.05) is 6.92 Å². The van der Waals surface area contributed by atoms with Gasteiger partial charge in [-0.2, -0.15) is 5.26 Å². The fourth-order valence-electron chi connectivity index (χ4n) is 1.61. The minimum atomic E-state index is -0.599. The van der Waals surface area contributed by atoms with E-state index in [9.17, 15) is 9.18 Å². The van der Waals surface area contributed by atoms with Crippen molar-refractivity contribution in [3.8, 4) is 6.07 Å². The number of benzene rings is 1. The Kier molecular flexibility index (Phi) is 5.28. The number of carbonyl (C=O) groups excluding carboxylic acids is 1. The molecule has 1 aromatic carbocycles. The fourth-order valence-corrected chi connectivity index (χ4v) is 1.61. The van der Waals surface area contributed by atoms with Gasteiger partial charge in [0.05, 0.1) is 5.56 Å². The zero-order chi connectivity index (χ0) is 13.5. The Labute approximate surface area is 106 Å². The molecule has 18 heavy (non-hydrogen) atoms. The van der Waals surface area contributed by atoms with Crippen LogP contribution in [-0.2, 0) is 4.79 Å². The van der Waals surface area contributed by atoms with Crippen LogP contribution in [0.5, 0.6) is 0 Å². The van der Waals surface area contributed by atoms with Gasteiger partial charge in [-0.3, -0.25) is 4.79 Å². The molecule has 0 radical (unpaired) electrons. The minimum Gasteiger partial charge on any atom is -0.327 e. The van der Waals surface area contributed by atoms with Gasteiger partial charge in [0.25, 0.3) is 0 Å². The summed E-state index contributed by atoms with van der Waals surface area (Å²) in [5, 5.41) is 11.3. The van der Waals surface area contributed by atoms with E-state index in [-0.39, 0.29) is 23.9 Å². The lowest BCUT2D eigenvalue weighted by atomic mass is 10.1. The van der Waals surface area contributed by atoms with Gasteiger partial charge in [0.1, 0.15) is 11.9 Å². The molecule has 1 amide bonds. The van der Waals surface area contributed by atoms with Gasteiger partial charge in [0, 0.05) is 18.2 Å². The number of hydrogen-bond acceptors (Lipinski definition) is 3. The molecule has 1 rings (SSSR count). The van der Waals surface area contributed by atoms with E-state index in [0.29, 0.717) is 5.69 Å². The Balaban J connectivity index is 2.62. The summed E-state index contributed by atoms with van der Waals surface area (Å²) in [6, 6.07) is 5.42. The molecule has 0 spiro atoms. The van der Waals surface area contributed by atoms with Crippen molar-refractivity contribution >= 4 is 11.6 Å². The van der Waals surface area contributed by atoms with Crippen molar-refractivity contribution in [2.75, 3.05) is 5.32 Å². The second-order valence-corrected chi connectivity index (χ2v) is 4.11. The summed E-state index contributed by atoms with van der Waals surface area (Å²) in [6.07, 6.45) is 1.91. The fraction of sp³-hybridized carbons (Fsp3) is 0.385. The zero-order valence-corrected chi connectivity index (χ0v) is 10.2. The van der Waals surface area contributed by atoms with Crippen LogP contribution in [-0.4, -0.2) is 11.9 Å². The Bertz CT molecular complexity index is 468. The van der Waals surface area contributed by atoms with Crippen molar-refractivity contribution in [2.45, 2.75) is 32.2 Å². The number of rotatable bonds is 5. The third-order valence-corrected chi connectivity index (χ3v) is 2.48. The maximum Gasteiger partial charge on any atom is 0.225 e. The molecule has 5 heteroatoms. The Morgan fingerprint density at radius 1 is 1.61 bits per heavy atom. The molecular formula is C13H16FN3O. The number of nitrogens with two attached hydrogens (primary N) is 1. The lowest BCUT2D eigenvalue weighted by molar-refractivity contribution is -0.116. The van der Waals surface area contributed by atoms with E-state index in [4.69, 9.17) is 11.0 Å². The molecule has 0 heterocycles. The number of amides is 1. The first-order chi connectivity index (χ1) is 8.56. The van der Waals surface area contributed by atoms with Crippen LogP contribution < -0.4 is 11.1 Å². The van der Waals surface area contributed by atoms with E-state index in [0.717, 1.165) is 18.9 Å². The summed E-state index contributed by atoms with van der Waals surface area (Å²) in [4.78, 5) is 11.6. The maximum atomic E-state index is 13.1. The molecule has 0 aromatic heterocycles. The second kappa shape index (κ2) is 6.72. The highest BCUT2D eigenvalue weighted by molar-refractivity contribution is 5.91. The third kappa shape index (κ3) is 4.15. The van der Waals surface area contributed by atoms with Crippen LogP contribution in [0.2, 0.25) is 0 Å². The molecule has 0 saturated carbocycles. The average molecular weight is 249 g/mol. The van der Waals surface area contributed by atoms with Gasteiger partial charge >= 0.3 is 0 Å². The zero-order valence-electron chi connectivity index (χ0n) is 10.2. The molecule has 0 saturated heterocycles. The van der Waals surface area contributed by atoms with Crippen molar-refractivity contribution in [1.82, 2.24) is 0 Å². The number of hydrogen-bond donors (Lipinski definition) is 2. The highest BCUT2D eigenvalue weighted by Gasteiger charge is 2.10. The molecule has 0 fully saturated rings. The average Bonchev–Trinajstić information content (AvgIpc) is 2.31. The summed E-state index contributed by atoms with van der Waals surface area (Å²) in [5.74, 6) is -0.829. The van der Waals surface area contributed by atoms with E-state index in [2.05, 4.69) is 5.32 Å². The van der Waals surface area contributed by atoms with E-state index < -0.39 is 5.82 Å². The SMILES string of the molecule is CCCC(N)CC(=O)Nc1ccc(F)c(C#N)c1. The van der Waals surface area contributed by atoms with Crippen molar-refractivity contribution in [2.24, 2.45) is 5.73 Å². The molecule has 0 aliphatic rings. The van der Waals surface area contributed by atoms with Crippen LogP contribution >= 0.6 is 0 Å². The highest BCUT2D eigenvalue weighted by Crippen LogP contribution is 2.14. The van der Waals surface area contributed by atoms with Gasteiger partial charge in [-0.25, -0.2) is 4.39 Å². The number of nitriles is 1. The molecule has 1 atom stereocenters. The van der Waals surface area contributed by atoms with Crippen LogP contribution in [0.1, 0.15) is 31.7 Å². The summed E-state index contributed by atoms with van der Waals surface area (Å²) in [7, 11) is 0. The molecule has 0 aliphatic carbocycles. The molecular weight excluding hydrogens is 233 g/mol. The van der Waals surface area contributed by atoms with Gasteiger partial charge in [-0.15, -0.1) is 0 Å². The largest absolute Gasteiger partial charge is 0.327 e. The summed E-state index contributed by atoms with van der Waals surface area (Å²) in [5.41, 5.74) is 6.06. The van der Waals surface area contributed by atoms with Crippen molar-refractivity contribution < 1.29 is 9.18 Å². The quantitative estimate of drug-likeness (QED) is 0.839. The predicted molar refractivity (Wildman–Crippen MR) is 67.2 cm³/mol. The molecule has 1 aromatic rings. The topological polar surface area (TPSA) is 78.9 Å². The van der Waals surface area contributed by atoms with Crippen molar-refractivity contribution in [3.63, 3.8) is 0 Å². The maximum absolute atomic E-state index is 13.1. The van der Waals surface area contributed by atoms with E-state index in [1.54, 1.807) is 6.07 Å². The highest BCUT2D eigenvalue weighted by atomic mass is 19.1. The first kappa shape index (κ1) is 14.1. The van der Waals surface area contributed by atoms with Gasteiger partial charge in [-0.05, 0) is 24.6 Å². The smallest absolute Gasteiger partial charge is 0.225 e. The summed E-state index contributed by atoms with van der Waals surface area (Å²) in [6.45, 7) is 2.00. The summed E-state index contributed by atoms with van der Waals surface area (Å²) >= 11 is 0. The number of nitrogens with one attached hydrogen (secondary N) is 1. The van der Waals surface area contributed by atoms with Crippen LogP contribution in [0.3, 0.4) is 0 Å². The normalized spacial score (nSPS) is 11.7. The number of nitrogens with zero attached hydrogens (tertiary/aromatic N) is 1. The number of carbonyl (C=O) groups is 1. The van der Waals surface area contributed by atoms with Crippen LogP contribution in [0.4, 0.5) is 10.1 Å². The number of anilines is 1. The Hall–Kier alpha value is -1.93. The molecule has 0 aliphatic heterocycles. The lowest BCUT2D eigenvalue weighted by Crippen LogP contribution is -2.26.